The van der Waals surface area contributed by atoms with E-state index in [0.29, 0.717) is 25.8 Å². The zero-order valence-electron chi connectivity index (χ0n) is 21.3. The standard InChI is InChI=1S/C31H38N2O2/c1-6-9-24(7-2)12-13-25-16-20-28(21-17-25)33-30(35)11-8-10-29(34)32-23-22-26-14-18-27(19-15-26)31(3,4)5/h6-7,9,12-21H,1-2,8,10-11,22-23H2,3-5H3,(H,32,34)(H,33,35)/b13-12+,24-9+. The number of benzene rings is 2. The number of allylic oxidation sites excluding steroid dienone is 5. The lowest BCUT2D eigenvalue weighted by Gasteiger charge is -2.19. The first-order valence-electron chi connectivity index (χ1n) is 12.1. The summed E-state index contributed by atoms with van der Waals surface area (Å²) in [7, 11) is 0. The van der Waals surface area contributed by atoms with E-state index in [4.69, 9.17) is 0 Å². The van der Waals surface area contributed by atoms with Crippen LogP contribution in [0.4, 0.5) is 5.69 Å². The third-order valence-corrected chi connectivity index (χ3v) is 5.57. The maximum Gasteiger partial charge on any atom is 0.224 e. The van der Waals surface area contributed by atoms with Gasteiger partial charge in [-0.3, -0.25) is 9.59 Å². The smallest absolute Gasteiger partial charge is 0.224 e. The van der Waals surface area contributed by atoms with E-state index in [1.165, 1.54) is 11.1 Å². The van der Waals surface area contributed by atoms with Crippen LogP contribution in [0.5, 0.6) is 0 Å². The fraction of sp³-hybridized carbons (Fsp3) is 0.290. The molecule has 0 aliphatic rings. The molecule has 0 fully saturated rings. The van der Waals surface area contributed by atoms with Crippen LogP contribution in [0.3, 0.4) is 0 Å². The fourth-order valence-electron chi connectivity index (χ4n) is 3.44. The maximum atomic E-state index is 12.2. The van der Waals surface area contributed by atoms with Gasteiger partial charge in [-0.05, 0) is 52.7 Å². The molecule has 4 heteroatoms. The molecule has 2 aromatic carbocycles. The van der Waals surface area contributed by atoms with Gasteiger partial charge in [0.15, 0.2) is 0 Å². The molecule has 0 saturated carbocycles. The van der Waals surface area contributed by atoms with E-state index in [9.17, 15) is 9.59 Å². The largest absolute Gasteiger partial charge is 0.356 e. The lowest BCUT2D eigenvalue weighted by molar-refractivity contribution is -0.121. The molecule has 2 amide bonds. The van der Waals surface area contributed by atoms with Gasteiger partial charge in [-0.25, -0.2) is 0 Å². The Kier molecular flexibility index (Phi) is 11.0. The van der Waals surface area contributed by atoms with Crippen LogP contribution in [-0.4, -0.2) is 18.4 Å². The van der Waals surface area contributed by atoms with Gasteiger partial charge >= 0.3 is 0 Å². The van der Waals surface area contributed by atoms with E-state index in [2.05, 4.69) is 68.8 Å². The van der Waals surface area contributed by atoms with Crippen LogP contribution in [0.2, 0.25) is 0 Å². The summed E-state index contributed by atoms with van der Waals surface area (Å²) in [5.74, 6) is -0.118. The van der Waals surface area contributed by atoms with Crippen LogP contribution < -0.4 is 10.6 Å². The molecule has 4 nitrogen and oxygen atoms in total. The van der Waals surface area contributed by atoms with Crippen LogP contribution in [0.25, 0.3) is 6.08 Å². The first-order valence-corrected chi connectivity index (χ1v) is 12.1. The van der Waals surface area contributed by atoms with E-state index in [1.54, 1.807) is 12.2 Å². The fourth-order valence-corrected chi connectivity index (χ4v) is 3.44. The van der Waals surface area contributed by atoms with Gasteiger partial charge in [0.1, 0.15) is 0 Å². The molecule has 0 atom stereocenters. The maximum absolute atomic E-state index is 12.2. The summed E-state index contributed by atoms with van der Waals surface area (Å²) in [6.45, 7) is 14.6. The molecule has 184 valence electrons. The molecular weight excluding hydrogens is 432 g/mol. The molecule has 0 aromatic heterocycles. The number of carbonyl (C=O) groups excluding carboxylic acids is 2. The van der Waals surface area contributed by atoms with Crippen molar-refractivity contribution >= 4 is 23.6 Å². The molecule has 2 aromatic rings. The van der Waals surface area contributed by atoms with Crippen molar-refractivity contribution in [3.8, 4) is 0 Å². The Labute approximate surface area is 210 Å². The summed E-state index contributed by atoms with van der Waals surface area (Å²) in [6, 6.07) is 16.2. The van der Waals surface area contributed by atoms with Crippen LogP contribution in [0.1, 0.15) is 56.7 Å². The number of hydrogen-bond acceptors (Lipinski definition) is 2. The van der Waals surface area contributed by atoms with Gasteiger partial charge in [-0.2, -0.15) is 0 Å². The number of hydrogen-bond donors (Lipinski definition) is 2. The van der Waals surface area contributed by atoms with Crippen LogP contribution in [0.15, 0.2) is 91.6 Å². The zero-order chi connectivity index (χ0) is 25.7. The molecule has 0 spiro atoms. The molecule has 2 rings (SSSR count). The second kappa shape index (κ2) is 13.9. The van der Waals surface area contributed by atoms with Crippen molar-refractivity contribution in [2.75, 3.05) is 11.9 Å². The third kappa shape index (κ3) is 10.4. The molecule has 35 heavy (non-hydrogen) atoms. The molecule has 0 aliphatic carbocycles. The van der Waals surface area contributed by atoms with E-state index < -0.39 is 0 Å². The van der Waals surface area contributed by atoms with Crippen molar-refractivity contribution in [3.05, 3.63) is 108 Å². The van der Waals surface area contributed by atoms with Gasteiger partial charge < -0.3 is 10.6 Å². The van der Waals surface area contributed by atoms with Crippen LogP contribution >= 0.6 is 0 Å². The minimum absolute atomic E-state index is 0.0235. The summed E-state index contributed by atoms with van der Waals surface area (Å²) in [5.41, 5.74) is 5.36. The van der Waals surface area contributed by atoms with Gasteiger partial charge in [0.05, 0.1) is 0 Å². The minimum atomic E-state index is -0.0945. The molecule has 0 bridgehead atoms. The minimum Gasteiger partial charge on any atom is -0.356 e. The molecule has 0 unspecified atom stereocenters. The van der Waals surface area contributed by atoms with E-state index in [-0.39, 0.29) is 17.2 Å². The van der Waals surface area contributed by atoms with Crippen LogP contribution in [0, 0.1) is 0 Å². The highest BCUT2D eigenvalue weighted by atomic mass is 16.2. The Morgan fingerprint density at radius 1 is 0.914 bits per heavy atom. The Bertz CT molecular complexity index is 1050. The topological polar surface area (TPSA) is 58.2 Å². The van der Waals surface area contributed by atoms with Crippen molar-refractivity contribution in [2.24, 2.45) is 0 Å². The van der Waals surface area contributed by atoms with Gasteiger partial charge in [-0.1, -0.05) is 101 Å². The highest BCUT2D eigenvalue weighted by Gasteiger charge is 2.12. The van der Waals surface area contributed by atoms with Crippen molar-refractivity contribution in [1.29, 1.82) is 0 Å². The van der Waals surface area contributed by atoms with Gasteiger partial charge in [0.25, 0.3) is 0 Å². The van der Waals surface area contributed by atoms with Crippen molar-refractivity contribution < 1.29 is 9.59 Å². The van der Waals surface area contributed by atoms with E-state index in [0.717, 1.165) is 23.2 Å². The lowest BCUT2D eigenvalue weighted by atomic mass is 9.86. The lowest BCUT2D eigenvalue weighted by Crippen LogP contribution is -2.25. The Hall–Kier alpha value is -3.66. The number of nitrogens with one attached hydrogen (secondary N) is 2. The average Bonchev–Trinajstić information content (AvgIpc) is 2.82. The van der Waals surface area contributed by atoms with Crippen molar-refractivity contribution in [3.63, 3.8) is 0 Å². The van der Waals surface area contributed by atoms with E-state index >= 15 is 0 Å². The Morgan fingerprint density at radius 2 is 1.57 bits per heavy atom. The summed E-state index contributed by atoms with van der Waals surface area (Å²) in [4.78, 5) is 24.3. The number of anilines is 1. The van der Waals surface area contributed by atoms with Crippen LogP contribution in [-0.2, 0) is 21.4 Å². The molecule has 0 heterocycles. The summed E-state index contributed by atoms with van der Waals surface area (Å²) in [6.07, 6.45) is 11.2. The Morgan fingerprint density at radius 3 is 2.17 bits per heavy atom. The number of amides is 2. The second-order valence-electron chi connectivity index (χ2n) is 9.51. The molecular formula is C31H38N2O2. The predicted molar refractivity (Wildman–Crippen MR) is 148 cm³/mol. The summed E-state index contributed by atoms with van der Waals surface area (Å²) >= 11 is 0. The summed E-state index contributed by atoms with van der Waals surface area (Å²) < 4.78 is 0. The number of carbonyl (C=O) groups is 2. The molecule has 0 saturated heterocycles. The molecule has 2 N–H and O–H groups in total. The zero-order valence-corrected chi connectivity index (χ0v) is 21.3. The van der Waals surface area contributed by atoms with Crippen molar-refractivity contribution in [1.82, 2.24) is 5.32 Å². The van der Waals surface area contributed by atoms with Crippen molar-refractivity contribution in [2.45, 2.75) is 51.9 Å². The highest BCUT2D eigenvalue weighted by molar-refractivity contribution is 5.91. The normalized spacial score (nSPS) is 11.8. The van der Waals surface area contributed by atoms with Gasteiger partial charge in [0, 0.05) is 25.1 Å². The SMILES string of the molecule is C=C/C=C(C=C)/C=C/c1ccc(NC(=O)CCCC(=O)NCCc2ccc(C(C)(C)C)cc2)cc1. The monoisotopic (exact) mass is 470 g/mol. The second-order valence-corrected chi connectivity index (χ2v) is 9.51. The number of rotatable bonds is 12. The Balaban J connectivity index is 1.67. The highest BCUT2D eigenvalue weighted by Crippen LogP contribution is 2.22. The average molecular weight is 471 g/mol. The summed E-state index contributed by atoms with van der Waals surface area (Å²) in [5, 5.41) is 5.83. The first kappa shape index (κ1) is 27.6. The molecule has 0 radical (unpaired) electrons. The van der Waals surface area contributed by atoms with Gasteiger partial charge in [-0.15, -0.1) is 0 Å². The third-order valence-electron chi connectivity index (χ3n) is 5.57. The molecule has 0 aliphatic heterocycles. The van der Waals surface area contributed by atoms with Gasteiger partial charge in [0.2, 0.25) is 11.8 Å². The predicted octanol–water partition coefficient (Wildman–Crippen LogP) is 6.76. The quantitative estimate of drug-likeness (QED) is 0.337. The van der Waals surface area contributed by atoms with E-state index in [1.807, 2.05) is 42.5 Å². The first-order chi connectivity index (χ1) is 16.7.